The van der Waals surface area contributed by atoms with Gasteiger partial charge in [0.05, 0.1) is 6.04 Å². The number of benzene rings is 2. The summed E-state index contributed by atoms with van der Waals surface area (Å²) in [6.07, 6.45) is 1.74. The van der Waals surface area contributed by atoms with Crippen LogP contribution in [0.4, 0.5) is 0 Å². The number of amides is 2. The molecule has 126 valence electrons. The molecule has 0 spiro atoms. The van der Waals surface area contributed by atoms with Crippen molar-refractivity contribution in [2.75, 3.05) is 13.1 Å². The molecule has 1 aliphatic heterocycles. The summed E-state index contributed by atoms with van der Waals surface area (Å²) < 4.78 is 0. The van der Waals surface area contributed by atoms with Gasteiger partial charge in [0.25, 0.3) is 0 Å². The van der Waals surface area contributed by atoms with Gasteiger partial charge in [-0.2, -0.15) is 0 Å². The maximum absolute atomic E-state index is 12.4. The van der Waals surface area contributed by atoms with Crippen molar-refractivity contribution in [2.24, 2.45) is 5.92 Å². The molecule has 0 aromatic heterocycles. The zero-order valence-electron chi connectivity index (χ0n) is 14.3. The lowest BCUT2D eigenvalue weighted by Gasteiger charge is -2.38. The summed E-state index contributed by atoms with van der Waals surface area (Å²) in [7, 11) is 0. The highest BCUT2D eigenvalue weighted by atomic mass is 16.2. The third-order valence-corrected chi connectivity index (χ3v) is 5.13. The fraction of sp³-hybridized carbons (Fsp3) is 0.400. The van der Waals surface area contributed by atoms with Gasteiger partial charge in [-0.25, -0.2) is 0 Å². The second-order valence-electron chi connectivity index (χ2n) is 6.55. The minimum absolute atomic E-state index is 0.0789. The fourth-order valence-electron chi connectivity index (χ4n) is 3.46. The minimum Gasteiger partial charge on any atom is -0.346 e. The van der Waals surface area contributed by atoms with E-state index < -0.39 is 11.8 Å². The van der Waals surface area contributed by atoms with Crippen LogP contribution in [0.5, 0.6) is 0 Å². The number of fused-ring (bicyclic) bond motifs is 1. The van der Waals surface area contributed by atoms with E-state index in [-0.39, 0.29) is 6.04 Å². The zero-order chi connectivity index (χ0) is 17.1. The molecule has 1 N–H and O–H groups in total. The minimum atomic E-state index is -0.479. The molecule has 2 aromatic rings. The molecule has 1 saturated heterocycles. The Morgan fingerprint density at radius 1 is 1.17 bits per heavy atom. The zero-order valence-corrected chi connectivity index (χ0v) is 14.3. The van der Waals surface area contributed by atoms with Gasteiger partial charge in [-0.15, -0.1) is 0 Å². The predicted molar refractivity (Wildman–Crippen MR) is 95.6 cm³/mol. The van der Waals surface area contributed by atoms with Gasteiger partial charge < -0.3 is 10.2 Å². The van der Waals surface area contributed by atoms with Crippen LogP contribution in [-0.4, -0.2) is 35.8 Å². The van der Waals surface area contributed by atoms with E-state index in [2.05, 4.69) is 49.5 Å². The van der Waals surface area contributed by atoms with Crippen molar-refractivity contribution in [1.82, 2.24) is 10.2 Å². The van der Waals surface area contributed by atoms with Crippen LogP contribution in [0.25, 0.3) is 10.8 Å². The number of nitrogens with zero attached hydrogens (tertiary/aromatic N) is 1. The van der Waals surface area contributed by atoms with Crippen molar-refractivity contribution >= 4 is 22.6 Å². The standard InChI is InChI=1S/C20H24N2O2/c1-3-14(2)18-13-21-19(23)20(24)22(18)12-11-16-9-6-8-15-7-4-5-10-17(15)16/h4-10,14,18H,3,11-13H2,1-2H3,(H,21,23)/t14?,18-/m1/s1. The van der Waals surface area contributed by atoms with Crippen LogP contribution in [-0.2, 0) is 16.0 Å². The first-order valence-electron chi connectivity index (χ1n) is 8.67. The number of nitrogens with one attached hydrogen (secondary N) is 1. The molecule has 0 bridgehead atoms. The Hall–Kier alpha value is -2.36. The third-order valence-electron chi connectivity index (χ3n) is 5.13. The summed E-state index contributed by atoms with van der Waals surface area (Å²) in [5, 5.41) is 5.15. The van der Waals surface area contributed by atoms with Crippen molar-refractivity contribution in [2.45, 2.75) is 32.7 Å². The van der Waals surface area contributed by atoms with Crippen LogP contribution in [0.3, 0.4) is 0 Å². The maximum atomic E-state index is 12.4. The summed E-state index contributed by atoms with van der Waals surface area (Å²) in [5.74, 6) is -0.513. The van der Waals surface area contributed by atoms with E-state index in [0.717, 1.165) is 12.8 Å². The third kappa shape index (κ3) is 3.14. The molecule has 3 rings (SSSR count). The summed E-state index contributed by atoms with van der Waals surface area (Å²) >= 11 is 0. The van der Waals surface area contributed by atoms with E-state index in [4.69, 9.17) is 0 Å². The van der Waals surface area contributed by atoms with Gasteiger partial charge in [0, 0.05) is 13.1 Å². The summed E-state index contributed by atoms with van der Waals surface area (Å²) in [4.78, 5) is 25.9. The first kappa shape index (κ1) is 16.5. The molecule has 2 aromatic carbocycles. The Balaban J connectivity index is 1.82. The lowest BCUT2D eigenvalue weighted by atomic mass is 9.94. The van der Waals surface area contributed by atoms with Crippen molar-refractivity contribution in [3.63, 3.8) is 0 Å². The molecule has 4 nitrogen and oxygen atoms in total. The van der Waals surface area contributed by atoms with Crippen molar-refractivity contribution in [1.29, 1.82) is 0 Å². The molecular weight excluding hydrogens is 300 g/mol. The van der Waals surface area contributed by atoms with E-state index in [1.54, 1.807) is 4.90 Å². The second kappa shape index (κ2) is 7.04. The van der Waals surface area contributed by atoms with Gasteiger partial charge in [0.2, 0.25) is 0 Å². The van der Waals surface area contributed by atoms with Crippen molar-refractivity contribution in [3.05, 3.63) is 48.0 Å². The molecule has 1 unspecified atom stereocenters. The highest BCUT2D eigenvalue weighted by molar-refractivity contribution is 6.35. The lowest BCUT2D eigenvalue weighted by molar-refractivity contribution is -0.151. The SMILES string of the molecule is CCC(C)[C@H]1CNC(=O)C(=O)N1CCc1cccc2ccccc12. The van der Waals surface area contributed by atoms with Crippen molar-refractivity contribution in [3.8, 4) is 0 Å². The Labute approximate surface area is 142 Å². The largest absolute Gasteiger partial charge is 0.346 e. The van der Waals surface area contributed by atoms with Crippen LogP contribution >= 0.6 is 0 Å². The smallest absolute Gasteiger partial charge is 0.312 e. The van der Waals surface area contributed by atoms with E-state index in [9.17, 15) is 9.59 Å². The molecule has 2 amide bonds. The van der Waals surface area contributed by atoms with Crippen LogP contribution in [0.15, 0.2) is 42.5 Å². The first-order chi connectivity index (χ1) is 11.6. The number of hydrogen-bond donors (Lipinski definition) is 1. The number of rotatable bonds is 5. The number of carbonyl (C=O) groups excluding carboxylic acids is 2. The average molecular weight is 324 g/mol. The lowest BCUT2D eigenvalue weighted by Crippen LogP contribution is -2.60. The van der Waals surface area contributed by atoms with Gasteiger partial charge in [-0.1, -0.05) is 62.7 Å². The normalized spacial score (nSPS) is 19.4. The molecule has 4 heteroatoms. The molecule has 0 aliphatic carbocycles. The van der Waals surface area contributed by atoms with Gasteiger partial charge in [0.15, 0.2) is 0 Å². The average Bonchev–Trinajstić information content (AvgIpc) is 2.62. The van der Waals surface area contributed by atoms with Gasteiger partial charge in [-0.05, 0) is 28.7 Å². The summed E-state index contributed by atoms with van der Waals surface area (Å²) in [6, 6.07) is 14.6. The molecule has 2 atom stereocenters. The van der Waals surface area contributed by atoms with E-state index in [1.807, 2.05) is 12.1 Å². The first-order valence-corrected chi connectivity index (χ1v) is 8.67. The van der Waals surface area contributed by atoms with Crippen molar-refractivity contribution < 1.29 is 9.59 Å². The molecule has 24 heavy (non-hydrogen) atoms. The predicted octanol–water partition coefficient (Wildman–Crippen LogP) is 2.76. The van der Waals surface area contributed by atoms with Gasteiger partial charge in [-0.3, -0.25) is 9.59 Å². The Bertz CT molecular complexity index is 751. The monoisotopic (exact) mass is 324 g/mol. The Kier molecular flexibility index (Phi) is 4.84. The molecule has 1 aliphatic rings. The highest BCUT2D eigenvalue weighted by Gasteiger charge is 2.35. The summed E-state index contributed by atoms with van der Waals surface area (Å²) in [5.41, 5.74) is 1.22. The summed E-state index contributed by atoms with van der Waals surface area (Å²) in [6.45, 7) is 5.39. The number of carbonyl (C=O) groups is 2. The van der Waals surface area contributed by atoms with E-state index in [0.29, 0.717) is 19.0 Å². The molecule has 1 heterocycles. The highest BCUT2D eigenvalue weighted by Crippen LogP contribution is 2.22. The number of piperazine rings is 1. The molecule has 1 fully saturated rings. The van der Waals surface area contributed by atoms with E-state index >= 15 is 0 Å². The van der Waals surface area contributed by atoms with E-state index in [1.165, 1.54) is 16.3 Å². The molecule has 0 saturated carbocycles. The topological polar surface area (TPSA) is 49.4 Å². The number of hydrogen-bond acceptors (Lipinski definition) is 2. The van der Waals surface area contributed by atoms with Crippen LogP contribution < -0.4 is 5.32 Å². The molecule has 0 radical (unpaired) electrons. The van der Waals surface area contributed by atoms with Gasteiger partial charge >= 0.3 is 11.8 Å². The van der Waals surface area contributed by atoms with Gasteiger partial charge in [0.1, 0.15) is 0 Å². The van der Waals surface area contributed by atoms with Crippen LogP contribution in [0, 0.1) is 5.92 Å². The second-order valence-corrected chi connectivity index (χ2v) is 6.55. The molecular formula is C20H24N2O2. The van der Waals surface area contributed by atoms with Crippen LogP contribution in [0.1, 0.15) is 25.8 Å². The quantitative estimate of drug-likeness (QED) is 0.860. The Morgan fingerprint density at radius 2 is 1.92 bits per heavy atom. The Morgan fingerprint density at radius 3 is 2.71 bits per heavy atom. The fourth-order valence-corrected chi connectivity index (χ4v) is 3.46. The van der Waals surface area contributed by atoms with Crippen LogP contribution in [0.2, 0.25) is 0 Å². The maximum Gasteiger partial charge on any atom is 0.312 e.